The molecule has 0 aliphatic rings. The van der Waals surface area contributed by atoms with Gasteiger partial charge in [0, 0.05) is 6.42 Å². The van der Waals surface area contributed by atoms with E-state index in [0.717, 1.165) is 18.1 Å². The minimum atomic E-state index is -1.65. The first-order chi connectivity index (χ1) is 8.43. The van der Waals surface area contributed by atoms with Crippen LogP contribution in [-0.2, 0) is 4.43 Å². The smallest absolute Gasteiger partial charge is 0.193 e. The number of allylic oxidation sites excluding steroid dienone is 2. The summed E-state index contributed by atoms with van der Waals surface area (Å²) in [5.74, 6) is 2.76. The quantitative estimate of drug-likeness (QED) is 0.343. The van der Waals surface area contributed by atoms with Crippen molar-refractivity contribution in [2.24, 2.45) is 0 Å². The van der Waals surface area contributed by atoms with Gasteiger partial charge in [-0.2, -0.15) is 0 Å². The summed E-state index contributed by atoms with van der Waals surface area (Å²) < 4.78 is 6.61. The molecule has 0 aliphatic carbocycles. The SMILES string of the molecule is C#CC[C@@](C)(O[Si](CC)(CC)CC)/C(C)=C/C=C. The third-order valence-electron chi connectivity index (χ3n) is 4.02. The highest BCUT2D eigenvalue weighted by molar-refractivity contribution is 6.73. The number of terminal acetylenes is 1. The average molecular weight is 264 g/mol. The fourth-order valence-corrected chi connectivity index (χ4v) is 5.37. The number of rotatable bonds is 8. The Morgan fingerprint density at radius 1 is 1.33 bits per heavy atom. The third kappa shape index (κ3) is 4.15. The molecule has 2 heteroatoms. The first-order valence-electron chi connectivity index (χ1n) is 6.87. The van der Waals surface area contributed by atoms with Gasteiger partial charge in [0.2, 0.25) is 0 Å². The molecule has 0 amide bonds. The van der Waals surface area contributed by atoms with Gasteiger partial charge < -0.3 is 4.43 Å². The summed E-state index contributed by atoms with van der Waals surface area (Å²) in [6.45, 7) is 14.7. The van der Waals surface area contributed by atoms with E-state index in [9.17, 15) is 0 Å². The van der Waals surface area contributed by atoms with Gasteiger partial charge in [0.15, 0.2) is 8.32 Å². The molecule has 0 rings (SSSR count). The van der Waals surface area contributed by atoms with Gasteiger partial charge in [0.25, 0.3) is 0 Å². The molecule has 0 saturated heterocycles. The predicted molar refractivity (Wildman–Crippen MR) is 84.1 cm³/mol. The van der Waals surface area contributed by atoms with Gasteiger partial charge in [0.1, 0.15) is 0 Å². The molecule has 0 saturated carbocycles. The molecule has 0 aromatic carbocycles. The maximum absolute atomic E-state index is 6.61. The molecule has 0 spiro atoms. The Bertz CT molecular complexity index is 325. The van der Waals surface area contributed by atoms with E-state index < -0.39 is 8.32 Å². The average Bonchev–Trinajstić information content (AvgIpc) is 2.37. The van der Waals surface area contributed by atoms with Crippen LogP contribution < -0.4 is 0 Å². The van der Waals surface area contributed by atoms with Crippen LogP contribution >= 0.6 is 0 Å². The molecule has 0 aromatic rings. The molecule has 0 fully saturated rings. The lowest BCUT2D eigenvalue weighted by Crippen LogP contribution is -2.46. The first kappa shape index (κ1) is 17.2. The van der Waals surface area contributed by atoms with Crippen molar-refractivity contribution in [2.45, 2.75) is 64.8 Å². The van der Waals surface area contributed by atoms with E-state index in [-0.39, 0.29) is 5.60 Å². The highest BCUT2D eigenvalue weighted by atomic mass is 28.4. The molecule has 1 nitrogen and oxygen atoms in total. The molecular formula is C16H28OSi. The highest BCUT2D eigenvalue weighted by Gasteiger charge is 2.38. The standard InChI is InChI=1S/C16H28OSi/c1-8-13-15(6)16(7,14-9-2)17-18(10-3,11-4)12-5/h2,8,13H,1,10-12,14H2,3-7H3/b15-13+/t16-/m1/s1. The van der Waals surface area contributed by atoms with Gasteiger partial charge >= 0.3 is 0 Å². The second-order valence-corrected chi connectivity index (χ2v) is 9.73. The minimum Gasteiger partial charge on any atom is -0.407 e. The van der Waals surface area contributed by atoms with Crippen LogP contribution in [-0.4, -0.2) is 13.9 Å². The zero-order valence-corrected chi connectivity index (χ0v) is 13.7. The summed E-state index contributed by atoms with van der Waals surface area (Å²) in [5.41, 5.74) is 0.833. The molecule has 0 unspecified atom stereocenters. The number of hydrogen-bond acceptors (Lipinski definition) is 1. The van der Waals surface area contributed by atoms with E-state index in [4.69, 9.17) is 10.8 Å². The summed E-state index contributed by atoms with van der Waals surface area (Å²) >= 11 is 0. The van der Waals surface area contributed by atoms with Crippen LogP contribution in [0.5, 0.6) is 0 Å². The van der Waals surface area contributed by atoms with E-state index in [2.05, 4.69) is 47.1 Å². The van der Waals surface area contributed by atoms with Crippen molar-refractivity contribution < 1.29 is 4.43 Å². The molecule has 0 aliphatic heterocycles. The van der Waals surface area contributed by atoms with E-state index >= 15 is 0 Å². The van der Waals surface area contributed by atoms with Gasteiger partial charge in [-0.15, -0.1) is 12.3 Å². The van der Waals surface area contributed by atoms with E-state index in [1.54, 1.807) is 6.08 Å². The molecule has 0 N–H and O–H groups in total. The van der Waals surface area contributed by atoms with Crippen LogP contribution in [0.3, 0.4) is 0 Å². The fraction of sp³-hybridized carbons (Fsp3) is 0.625. The van der Waals surface area contributed by atoms with Crippen molar-refractivity contribution in [1.82, 2.24) is 0 Å². The zero-order valence-electron chi connectivity index (χ0n) is 12.7. The predicted octanol–water partition coefficient (Wildman–Crippen LogP) is 4.92. The zero-order chi connectivity index (χ0) is 14.2. The van der Waals surface area contributed by atoms with Crippen molar-refractivity contribution >= 4 is 8.32 Å². The molecule has 18 heavy (non-hydrogen) atoms. The fourth-order valence-electron chi connectivity index (χ4n) is 2.25. The molecule has 102 valence electrons. The number of hydrogen-bond donors (Lipinski definition) is 0. The van der Waals surface area contributed by atoms with E-state index in [1.807, 2.05) is 6.08 Å². The Kier molecular flexibility index (Phi) is 7.28. The van der Waals surface area contributed by atoms with Gasteiger partial charge in [-0.05, 0) is 37.6 Å². The Hall–Kier alpha value is -0.783. The molecule has 0 aromatic heterocycles. The largest absolute Gasteiger partial charge is 0.407 e. The van der Waals surface area contributed by atoms with Crippen LogP contribution in [0.25, 0.3) is 0 Å². The van der Waals surface area contributed by atoms with Gasteiger partial charge in [-0.25, -0.2) is 0 Å². The Labute approximate surface area is 114 Å². The van der Waals surface area contributed by atoms with E-state index in [1.165, 1.54) is 5.57 Å². The molecule has 0 radical (unpaired) electrons. The van der Waals surface area contributed by atoms with Crippen LogP contribution in [0.1, 0.15) is 41.0 Å². The second kappa shape index (κ2) is 7.61. The second-order valence-electron chi connectivity index (χ2n) is 5.04. The van der Waals surface area contributed by atoms with Crippen LogP contribution in [0.4, 0.5) is 0 Å². The van der Waals surface area contributed by atoms with Crippen molar-refractivity contribution in [3.8, 4) is 12.3 Å². The Morgan fingerprint density at radius 3 is 2.17 bits per heavy atom. The summed E-state index contributed by atoms with van der Waals surface area (Å²) in [7, 11) is -1.65. The molecular weight excluding hydrogens is 236 g/mol. The minimum absolute atomic E-state index is 0.336. The first-order valence-corrected chi connectivity index (χ1v) is 9.40. The van der Waals surface area contributed by atoms with Crippen LogP contribution in [0.2, 0.25) is 18.1 Å². The Morgan fingerprint density at radius 2 is 1.83 bits per heavy atom. The monoisotopic (exact) mass is 264 g/mol. The summed E-state index contributed by atoms with van der Waals surface area (Å²) in [5, 5.41) is 0. The lowest BCUT2D eigenvalue weighted by molar-refractivity contribution is 0.119. The maximum Gasteiger partial charge on any atom is 0.193 e. The maximum atomic E-state index is 6.61. The lowest BCUT2D eigenvalue weighted by Gasteiger charge is -2.40. The van der Waals surface area contributed by atoms with Gasteiger partial charge in [-0.1, -0.05) is 39.5 Å². The van der Waals surface area contributed by atoms with Gasteiger partial charge in [0.05, 0.1) is 5.60 Å². The third-order valence-corrected chi connectivity index (χ3v) is 8.77. The topological polar surface area (TPSA) is 9.23 Å². The van der Waals surface area contributed by atoms with Gasteiger partial charge in [-0.3, -0.25) is 0 Å². The summed E-state index contributed by atoms with van der Waals surface area (Å²) in [6.07, 6.45) is 9.96. The lowest BCUT2D eigenvalue weighted by atomic mass is 9.93. The molecule has 0 bridgehead atoms. The molecule has 0 heterocycles. The van der Waals surface area contributed by atoms with Crippen LogP contribution in [0, 0.1) is 12.3 Å². The molecule has 1 atom stereocenters. The van der Waals surface area contributed by atoms with Crippen molar-refractivity contribution in [3.63, 3.8) is 0 Å². The normalized spacial score (nSPS) is 15.9. The summed E-state index contributed by atoms with van der Waals surface area (Å²) in [6, 6.07) is 3.42. The summed E-state index contributed by atoms with van der Waals surface area (Å²) in [4.78, 5) is 0. The van der Waals surface area contributed by atoms with Crippen molar-refractivity contribution in [3.05, 3.63) is 24.3 Å². The van der Waals surface area contributed by atoms with Crippen molar-refractivity contribution in [1.29, 1.82) is 0 Å². The van der Waals surface area contributed by atoms with Crippen molar-refractivity contribution in [2.75, 3.05) is 0 Å². The Balaban J connectivity index is 5.31. The van der Waals surface area contributed by atoms with Crippen LogP contribution in [0.15, 0.2) is 24.3 Å². The van der Waals surface area contributed by atoms with E-state index in [0.29, 0.717) is 6.42 Å². The highest BCUT2D eigenvalue weighted by Crippen LogP contribution is 2.34.